The van der Waals surface area contributed by atoms with Crippen molar-refractivity contribution < 1.29 is 23.5 Å². The van der Waals surface area contributed by atoms with Crippen LogP contribution in [0.2, 0.25) is 10.0 Å². The Bertz CT molecular complexity index is 1230. The number of amides is 3. The zero-order valence-corrected chi connectivity index (χ0v) is 22.0. The molecule has 1 N–H and O–H groups in total. The number of nitrogens with zero attached hydrogens (tertiary/aromatic N) is 3. The lowest BCUT2D eigenvalue weighted by Gasteiger charge is -2.39. The van der Waals surface area contributed by atoms with Gasteiger partial charge in [0.2, 0.25) is 0 Å². The molecule has 0 spiro atoms. The number of esters is 1. The first kappa shape index (κ1) is 26.9. The smallest absolute Gasteiger partial charge is 0.338 e. The zero-order valence-electron chi connectivity index (χ0n) is 20.5. The normalized spacial score (nSPS) is 18.6. The maximum absolute atomic E-state index is 13.2. The van der Waals surface area contributed by atoms with Gasteiger partial charge in [0.05, 0.1) is 18.2 Å². The van der Waals surface area contributed by atoms with E-state index in [1.165, 1.54) is 29.2 Å². The minimum atomic E-state index is -0.816. The van der Waals surface area contributed by atoms with Crippen molar-refractivity contribution in [1.82, 2.24) is 20.0 Å². The SMILES string of the molecule is CCOC(=O)C1=C(CN2CCN(C(=O)c3ccc(F)cc3)CC2)N(C)C(=O)NC1c1ccc(Cl)cc1Cl. The third kappa shape index (κ3) is 5.89. The van der Waals surface area contributed by atoms with Gasteiger partial charge in [-0.1, -0.05) is 29.3 Å². The molecule has 1 fully saturated rings. The second-order valence-electron chi connectivity index (χ2n) is 8.76. The van der Waals surface area contributed by atoms with E-state index in [0.29, 0.717) is 59.6 Å². The Labute approximate surface area is 224 Å². The molecule has 0 aromatic heterocycles. The van der Waals surface area contributed by atoms with Gasteiger partial charge in [-0.3, -0.25) is 14.6 Å². The first-order valence-corrected chi connectivity index (χ1v) is 12.6. The van der Waals surface area contributed by atoms with Crippen LogP contribution < -0.4 is 5.32 Å². The Morgan fingerprint density at radius 1 is 1.08 bits per heavy atom. The summed E-state index contributed by atoms with van der Waals surface area (Å²) >= 11 is 12.5. The Balaban J connectivity index is 1.58. The molecule has 0 radical (unpaired) electrons. The summed E-state index contributed by atoms with van der Waals surface area (Å²) in [6.45, 7) is 4.10. The number of ether oxygens (including phenoxy) is 1. The van der Waals surface area contributed by atoms with E-state index in [2.05, 4.69) is 10.2 Å². The number of rotatable bonds is 6. The monoisotopic (exact) mass is 548 g/mol. The largest absolute Gasteiger partial charge is 0.463 e. The van der Waals surface area contributed by atoms with Crippen molar-refractivity contribution in [1.29, 1.82) is 0 Å². The van der Waals surface area contributed by atoms with Gasteiger partial charge in [-0.05, 0) is 48.9 Å². The molecule has 0 saturated carbocycles. The van der Waals surface area contributed by atoms with Crippen molar-refractivity contribution in [2.75, 3.05) is 46.4 Å². The van der Waals surface area contributed by atoms with E-state index in [1.54, 1.807) is 37.1 Å². The van der Waals surface area contributed by atoms with Crippen LogP contribution in [0.5, 0.6) is 0 Å². The average Bonchev–Trinajstić information content (AvgIpc) is 2.87. The number of carbonyl (C=O) groups excluding carboxylic acids is 3. The summed E-state index contributed by atoms with van der Waals surface area (Å²) in [4.78, 5) is 44.1. The summed E-state index contributed by atoms with van der Waals surface area (Å²) in [5.74, 6) is -1.12. The van der Waals surface area contributed by atoms with Crippen LogP contribution in [0.1, 0.15) is 28.9 Å². The van der Waals surface area contributed by atoms with E-state index >= 15 is 0 Å². The van der Waals surface area contributed by atoms with Crippen molar-refractivity contribution in [3.05, 3.63) is 80.7 Å². The predicted octanol–water partition coefficient (Wildman–Crippen LogP) is 4.10. The Morgan fingerprint density at radius 2 is 1.76 bits per heavy atom. The van der Waals surface area contributed by atoms with Crippen LogP contribution in [0.25, 0.3) is 0 Å². The second-order valence-corrected chi connectivity index (χ2v) is 9.61. The van der Waals surface area contributed by atoms with E-state index in [1.807, 2.05) is 0 Å². The molecule has 1 atom stereocenters. The molecule has 0 aliphatic carbocycles. The molecule has 1 unspecified atom stereocenters. The van der Waals surface area contributed by atoms with Crippen LogP contribution in [-0.4, -0.2) is 79.0 Å². The number of halogens is 3. The average molecular weight is 549 g/mol. The predicted molar refractivity (Wildman–Crippen MR) is 138 cm³/mol. The topological polar surface area (TPSA) is 82.2 Å². The highest BCUT2D eigenvalue weighted by Crippen LogP contribution is 2.36. The molecular weight excluding hydrogens is 522 g/mol. The standard InChI is InChI=1S/C26H27Cl2FN4O4/c1-3-37-25(35)22-21(31(2)26(36)30-23(22)19-9-6-17(27)14-20(19)28)15-32-10-12-33(13-11-32)24(34)16-4-7-18(29)8-5-16/h4-9,14,23H,3,10-13,15H2,1-2H3,(H,30,36). The fraction of sp³-hybridized carbons (Fsp3) is 0.346. The minimum absolute atomic E-state index is 0.165. The number of hydrogen-bond donors (Lipinski definition) is 1. The Morgan fingerprint density at radius 3 is 2.38 bits per heavy atom. The number of carbonyl (C=O) groups is 3. The number of urea groups is 1. The van der Waals surface area contributed by atoms with E-state index in [4.69, 9.17) is 27.9 Å². The van der Waals surface area contributed by atoms with Gasteiger partial charge in [0, 0.05) is 61.1 Å². The summed E-state index contributed by atoms with van der Waals surface area (Å²) in [5, 5.41) is 3.60. The van der Waals surface area contributed by atoms with Gasteiger partial charge >= 0.3 is 12.0 Å². The highest BCUT2D eigenvalue weighted by molar-refractivity contribution is 6.35. The Kier molecular flexibility index (Phi) is 8.36. The first-order valence-electron chi connectivity index (χ1n) is 11.9. The number of hydrogen-bond acceptors (Lipinski definition) is 5. The third-order valence-electron chi connectivity index (χ3n) is 6.47. The molecule has 2 aliphatic heterocycles. The fourth-order valence-electron chi connectivity index (χ4n) is 4.46. The second kappa shape index (κ2) is 11.5. The molecular formula is C26H27Cl2FN4O4. The molecule has 2 aliphatic rings. The van der Waals surface area contributed by atoms with Gasteiger partial charge in [-0.25, -0.2) is 14.0 Å². The van der Waals surface area contributed by atoms with E-state index in [-0.39, 0.29) is 24.1 Å². The van der Waals surface area contributed by atoms with Gasteiger partial charge in [-0.15, -0.1) is 0 Å². The summed E-state index contributed by atoms with van der Waals surface area (Å²) in [7, 11) is 1.60. The number of benzene rings is 2. The summed E-state index contributed by atoms with van der Waals surface area (Å²) in [6.07, 6.45) is 0. The molecule has 4 rings (SSSR count). The Hall–Kier alpha value is -3.14. The lowest BCUT2D eigenvalue weighted by atomic mass is 9.94. The lowest BCUT2D eigenvalue weighted by molar-refractivity contribution is -0.139. The molecule has 196 valence electrons. The summed E-state index contributed by atoms with van der Waals surface area (Å²) in [5.41, 5.74) is 1.74. The van der Waals surface area contributed by atoms with Crippen LogP contribution in [0.15, 0.2) is 53.7 Å². The van der Waals surface area contributed by atoms with Gasteiger partial charge < -0.3 is 15.0 Å². The molecule has 2 heterocycles. The third-order valence-corrected chi connectivity index (χ3v) is 7.03. The van der Waals surface area contributed by atoms with Crippen molar-refractivity contribution >= 4 is 41.1 Å². The lowest BCUT2D eigenvalue weighted by Crippen LogP contribution is -2.53. The first-order chi connectivity index (χ1) is 17.7. The highest BCUT2D eigenvalue weighted by Gasteiger charge is 2.38. The maximum Gasteiger partial charge on any atom is 0.338 e. The van der Waals surface area contributed by atoms with Crippen LogP contribution in [0, 0.1) is 5.82 Å². The minimum Gasteiger partial charge on any atom is -0.463 e. The quantitative estimate of drug-likeness (QED) is 0.549. The summed E-state index contributed by atoms with van der Waals surface area (Å²) < 4.78 is 18.6. The molecule has 0 bridgehead atoms. The molecule has 3 amide bonds. The van der Waals surface area contributed by atoms with Gasteiger partial charge in [0.25, 0.3) is 5.91 Å². The zero-order chi connectivity index (χ0) is 26.7. The van der Waals surface area contributed by atoms with E-state index in [0.717, 1.165) is 0 Å². The van der Waals surface area contributed by atoms with Gasteiger partial charge in [0.1, 0.15) is 5.82 Å². The van der Waals surface area contributed by atoms with Gasteiger partial charge in [0.15, 0.2) is 0 Å². The van der Waals surface area contributed by atoms with Crippen molar-refractivity contribution in [3.8, 4) is 0 Å². The number of likely N-dealkylation sites (N-methyl/N-ethyl adjacent to an activating group) is 1. The molecule has 2 aromatic carbocycles. The van der Waals surface area contributed by atoms with Crippen molar-refractivity contribution in [3.63, 3.8) is 0 Å². The van der Waals surface area contributed by atoms with Crippen molar-refractivity contribution in [2.24, 2.45) is 0 Å². The maximum atomic E-state index is 13.2. The summed E-state index contributed by atoms with van der Waals surface area (Å²) in [6, 6.07) is 9.15. The van der Waals surface area contributed by atoms with Crippen LogP contribution in [-0.2, 0) is 9.53 Å². The van der Waals surface area contributed by atoms with E-state index < -0.39 is 17.8 Å². The van der Waals surface area contributed by atoms with Crippen molar-refractivity contribution in [2.45, 2.75) is 13.0 Å². The van der Waals surface area contributed by atoms with Crippen LogP contribution in [0.4, 0.5) is 9.18 Å². The fourth-order valence-corrected chi connectivity index (χ4v) is 4.98. The van der Waals surface area contributed by atoms with E-state index in [9.17, 15) is 18.8 Å². The number of nitrogens with one attached hydrogen (secondary N) is 1. The van der Waals surface area contributed by atoms with Gasteiger partial charge in [-0.2, -0.15) is 0 Å². The molecule has 11 heteroatoms. The number of piperazine rings is 1. The molecule has 8 nitrogen and oxygen atoms in total. The molecule has 1 saturated heterocycles. The van der Waals surface area contributed by atoms with Crippen LogP contribution >= 0.6 is 23.2 Å². The molecule has 37 heavy (non-hydrogen) atoms. The molecule has 2 aromatic rings. The van der Waals surface area contributed by atoms with Crippen LogP contribution in [0.3, 0.4) is 0 Å². The highest BCUT2D eigenvalue weighted by atomic mass is 35.5.